The Morgan fingerprint density at radius 1 is 0.622 bits per heavy atom. The van der Waals surface area contributed by atoms with Crippen molar-refractivity contribution in [3.63, 3.8) is 0 Å². The zero-order valence-corrected chi connectivity index (χ0v) is 25.5. The predicted octanol–water partition coefficient (Wildman–Crippen LogP) is 6.36. The molecule has 0 spiro atoms. The zero-order chi connectivity index (χ0) is 31.4. The van der Waals surface area contributed by atoms with Crippen LogP contribution in [0.25, 0.3) is 0 Å². The van der Waals surface area contributed by atoms with E-state index in [0.717, 1.165) is 5.56 Å². The molecule has 4 aromatic rings. The minimum Gasteiger partial charge on any atom is -0.459 e. The first-order valence-electron chi connectivity index (χ1n) is 14.7. The third-order valence-electron chi connectivity index (χ3n) is 7.10. The summed E-state index contributed by atoms with van der Waals surface area (Å²) in [4.78, 5) is 39.9. The van der Waals surface area contributed by atoms with Crippen LogP contribution in [0.2, 0.25) is 0 Å². The lowest BCUT2D eigenvalue weighted by Crippen LogP contribution is -2.61. The molecule has 4 aromatic carbocycles. The Morgan fingerprint density at radius 3 is 1.60 bits per heavy atom. The van der Waals surface area contributed by atoms with Crippen LogP contribution in [0.4, 0.5) is 0 Å². The van der Waals surface area contributed by atoms with E-state index in [1.165, 1.54) is 11.8 Å². The number of ether oxygens (including phenoxy) is 5. The second-order valence-corrected chi connectivity index (χ2v) is 11.6. The molecule has 0 aliphatic carbocycles. The number of esters is 3. The van der Waals surface area contributed by atoms with Gasteiger partial charge in [0.05, 0.1) is 23.3 Å². The Hall–Kier alpha value is -4.44. The first-order valence-corrected chi connectivity index (χ1v) is 15.7. The van der Waals surface area contributed by atoms with Crippen LogP contribution < -0.4 is 0 Å². The molecule has 0 N–H and O–H groups in total. The number of hydrogen-bond donors (Lipinski definition) is 0. The summed E-state index contributed by atoms with van der Waals surface area (Å²) in [6.45, 7) is 1.91. The van der Waals surface area contributed by atoms with Crippen molar-refractivity contribution in [1.82, 2.24) is 0 Å². The van der Waals surface area contributed by atoms with Crippen LogP contribution in [-0.4, -0.2) is 60.1 Å². The van der Waals surface area contributed by atoms with Gasteiger partial charge in [0.1, 0.15) is 24.3 Å². The van der Waals surface area contributed by atoms with Crippen molar-refractivity contribution in [3.05, 3.63) is 144 Å². The summed E-state index contributed by atoms with van der Waals surface area (Å²) in [6, 6.07) is 35.2. The summed E-state index contributed by atoms with van der Waals surface area (Å²) >= 11 is 1.45. The molecule has 232 valence electrons. The predicted molar refractivity (Wildman–Crippen MR) is 170 cm³/mol. The van der Waals surface area contributed by atoms with Crippen LogP contribution >= 0.6 is 11.8 Å². The standard InChI is InChI=1S/C36H34O8S/c1-2-45-36-32(40-23-25-15-7-3-8-16-25)31(44-35(39)28-21-13-6-14-22-28)30(43-34(38)27-19-11-5-12-20-27)29(42-36)24-41-33(37)26-17-9-4-10-18-26/h3-22,29-32,36H,2,23-24H2,1H3/t29-,30-,31+,32-,36-/m1/s1. The van der Waals surface area contributed by atoms with Gasteiger partial charge in [0.2, 0.25) is 0 Å². The normalized spacial score (nSPS) is 21.0. The monoisotopic (exact) mass is 626 g/mol. The molecule has 0 amide bonds. The van der Waals surface area contributed by atoms with E-state index >= 15 is 0 Å². The van der Waals surface area contributed by atoms with E-state index in [1.807, 2.05) is 37.3 Å². The summed E-state index contributed by atoms with van der Waals surface area (Å²) in [5.74, 6) is -1.17. The third kappa shape index (κ3) is 8.60. The fourth-order valence-corrected chi connectivity index (χ4v) is 5.85. The van der Waals surface area contributed by atoms with Crippen molar-refractivity contribution in [2.75, 3.05) is 12.4 Å². The molecule has 5 atom stereocenters. The van der Waals surface area contributed by atoms with E-state index in [0.29, 0.717) is 22.4 Å². The number of hydrogen-bond acceptors (Lipinski definition) is 9. The Kier molecular flexibility index (Phi) is 11.4. The minimum absolute atomic E-state index is 0.196. The van der Waals surface area contributed by atoms with Gasteiger partial charge in [-0.05, 0) is 47.7 Å². The van der Waals surface area contributed by atoms with Crippen LogP contribution in [0.1, 0.15) is 43.6 Å². The molecule has 1 aliphatic heterocycles. The summed E-state index contributed by atoms with van der Waals surface area (Å²) in [6.07, 6.45) is -4.09. The lowest BCUT2D eigenvalue weighted by molar-refractivity contribution is -0.221. The van der Waals surface area contributed by atoms with Crippen LogP contribution in [-0.2, 0) is 30.3 Å². The average molecular weight is 627 g/mol. The fraction of sp³-hybridized carbons (Fsp3) is 0.250. The van der Waals surface area contributed by atoms with E-state index in [4.69, 9.17) is 23.7 Å². The highest BCUT2D eigenvalue weighted by Crippen LogP contribution is 2.35. The summed E-state index contributed by atoms with van der Waals surface area (Å²) in [5, 5.41) is 0. The van der Waals surface area contributed by atoms with Gasteiger partial charge in [0.25, 0.3) is 0 Å². The van der Waals surface area contributed by atoms with Crippen molar-refractivity contribution in [2.24, 2.45) is 0 Å². The maximum atomic E-state index is 13.5. The van der Waals surface area contributed by atoms with Gasteiger partial charge in [-0.15, -0.1) is 11.8 Å². The van der Waals surface area contributed by atoms with Crippen LogP contribution in [0.3, 0.4) is 0 Å². The number of rotatable bonds is 12. The Balaban J connectivity index is 1.49. The summed E-state index contributed by atoms with van der Waals surface area (Å²) < 4.78 is 30.8. The number of thioether (sulfide) groups is 1. The highest BCUT2D eigenvalue weighted by molar-refractivity contribution is 7.99. The van der Waals surface area contributed by atoms with Crippen LogP contribution in [0.15, 0.2) is 121 Å². The quantitative estimate of drug-likeness (QED) is 0.131. The average Bonchev–Trinajstić information content (AvgIpc) is 3.09. The molecule has 0 radical (unpaired) electrons. The number of benzene rings is 4. The van der Waals surface area contributed by atoms with E-state index in [2.05, 4.69) is 0 Å². The molecule has 9 heteroatoms. The molecule has 1 heterocycles. The van der Waals surface area contributed by atoms with E-state index in [-0.39, 0.29) is 13.2 Å². The Morgan fingerprint density at radius 2 is 1.09 bits per heavy atom. The summed E-state index contributed by atoms with van der Waals surface area (Å²) in [7, 11) is 0. The van der Waals surface area contributed by atoms with Gasteiger partial charge in [-0.1, -0.05) is 91.9 Å². The molecule has 0 bridgehead atoms. The van der Waals surface area contributed by atoms with Gasteiger partial charge in [-0.3, -0.25) is 0 Å². The highest BCUT2D eigenvalue weighted by atomic mass is 32.2. The topological polar surface area (TPSA) is 97.4 Å². The van der Waals surface area contributed by atoms with E-state index in [1.54, 1.807) is 91.0 Å². The molecule has 1 fully saturated rings. The maximum absolute atomic E-state index is 13.5. The second-order valence-electron chi connectivity index (χ2n) is 10.2. The van der Waals surface area contributed by atoms with Gasteiger partial charge in [-0.25, -0.2) is 14.4 Å². The molecular weight excluding hydrogens is 592 g/mol. The van der Waals surface area contributed by atoms with E-state index < -0.39 is 47.8 Å². The first kappa shape index (κ1) is 32.0. The molecule has 0 aromatic heterocycles. The van der Waals surface area contributed by atoms with Crippen molar-refractivity contribution in [3.8, 4) is 0 Å². The molecule has 0 unspecified atom stereocenters. The highest BCUT2D eigenvalue weighted by Gasteiger charge is 2.51. The molecule has 8 nitrogen and oxygen atoms in total. The van der Waals surface area contributed by atoms with Gasteiger partial charge in [-0.2, -0.15) is 0 Å². The van der Waals surface area contributed by atoms with Crippen molar-refractivity contribution >= 4 is 29.7 Å². The maximum Gasteiger partial charge on any atom is 0.338 e. The van der Waals surface area contributed by atoms with Gasteiger partial charge in [0, 0.05) is 0 Å². The Bertz CT molecular complexity index is 1520. The van der Waals surface area contributed by atoms with E-state index in [9.17, 15) is 14.4 Å². The Labute approximate surface area is 266 Å². The molecule has 45 heavy (non-hydrogen) atoms. The smallest absolute Gasteiger partial charge is 0.338 e. The summed E-state index contributed by atoms with van der Waals surface area (Å²) in [5.41, 5.74) is 1.26. The van der Waals surface area contributed by atoms with Crippen molar-refractivity contribution in [2.45, 2.75) is 43.4 Å². The molecular formula is C36H34O8S. The molecule has 0 saturated carbocycles. The van der Waals surface area contributed by atoms with Gasteiger partial charge in [0.15, 0.2) is 12.2 Å². The van der Waals surface area contributed by atoms with Gasteiger partial charge >= 0.3 is 17.9 Å². The zero-order valence-electron chi connectivity index (χ0n) is 24.7. The largest absolute Gasteiger partial charge is 0.459 e. The molecule has 1 aliphatic rings. The lowest BCUT2D eigenvalue weighted by atomic mass is 9.98. The minimum atomic E-state index is -1.18. The first-order chi connectivity index (χ1) is 22.0. The molecule has 1 saturated heterocycles. The van der Waals surface area contributed by atoms with Crippen LogP contribution in [0.5, 0.6) is 0 Å². The van der Waals surface area contributed by atoms with Crippen LogP contribution in [0, 0.1) is 0 Å². The lowest BCUT2D eigenvalue weighted by Gasteiger charge is -2.44. The second kappa shape index (κ2) is 16.0. The molecule has 5 rings (SSSR count). The number of carbonyl (C=O) groups is 3. The number of carbonyl (C=O) groups excluding carboxylic acids is 3. The fourth-order valence-electron chi connectivity index (χ4n) is 4.88. The SMILES string of the molecule is CCS[C@H]1O[C@H](COC(=O)c2ccccc2)[C@@H](OC(=O)c2ccccc2)[C@H](OC(=O)c2ccccc2)[C@H]1OCc1ccccc1. The van der Waals surface area contributed by atoms with Gasteiger partial charge < -0.3 is 23.7 Å². The third-order valence-corrected chi connectivity index (χ3v) is 8.14. The van der Waals surface area contributed by atoms with Crippen molar-refractivity contribution < 1.29 is 38.1 Å². The van der Waals surface area contributed by atoms with Crippen molar-refractivity contribution in [1.29, 1.82) is 0 Å².